The number of rotatable bonds is 7. The zero-order valence-corrected chi connectivity index (χ0v) is 11.2. The largest absolute Gasteiger partial charge is 0.312 e. The standard InChI is InChI=1S/C15H18N2S/c1-2-9-18-10-8-17-12-14-5-3-4-13-11-16-7-6-15(13)14/h2-7,11,17H,1,8-10,12H2. The molecule has 0 aliphatic rings. The summed E-state index contributed by atoms with van der Waals surface area (Å²) in [4.78, 5) is 4.15. The summed E-state index contributed by atoms with van der Waals surface area (Å²) >= 11 is 1.90. The van der Waals surface area contributed by atoms with Crippen LogP contribution >= 0.6 is 11.8 Å². The average Bonchev–Trinajstić information content (AvgIpc) is 2.43. The van der Waals surface area contributed by atoms with Gasteiger partial charge in [0.2, 0.25) is 0 Å². The molecule has 0 atom stereocenters. The Labute approximate surface area is 113 Å². The first-order valence-electron chi connectivity index (χ1n) is 6.13. The van der Waals surface area contributed by atoms with E-state index >= 15 is 0 Å². The molecule has 0 amide bonds. The van der Waals surface area contributed by atoms with Gasteiger partial charge in [0.05, 0.1) is 0 Å². The Kier molecular flexibility index (Phi) is 5.24. The molecule has 1 N–H and O–H groups in total. The van der Waals surface area contributed by atoms with Crippen LogP contribution in [0.2, 0.25) is 0 Å². The Balaban J connectivity index is 1.89. The van der Waals surface area contributed by atoms with E-state index in [1.807, 2.05) is 30.2 Å². The lowest BCUT2D eigenvalue weighted by atomic mass is 10.1. The van der Waals surface area contributed by atoms with Gasteiger partial charge in [0.15, 0.2) is 0 Å². The molecule has 2 rings (SSSR count). The molecule has 2 nitrogen and oxygen atoms in total. The number of nitrogens with zero attached hydrogens (tertiary/aromatic N) is 1. The van der Waals surface area contributed by atoms with Crippen molar-refractivity contribution in [1.82, 2.24) is 10.3 Å². The van der Waals surface area contributed by atoms with Gasteiger partial charge < -0.3 is 5.32 Å². The van der Waals surface area contributed by atoms with Gasteiger partial charge in [0, 0.05) is 42.4 Å². The molecule has 3 heteroatoms. The minimum atomic E-state index is 0.913. The van der Waals surface area contributed by atoms with E-state index in [-0.39, 0.29) is 0 Å². The van der Waals surface area contributed by atoms with E-state index in [9.17, 15) is 0 Å². The van der Waals surface area contributed by atoms with Crippen molar-refractivity contribution < 1.29 is 0 Å². The molecule has 0 bridgehead atoms. The molecule has 0 saturated carbocycles. The monoisotopic (exact) mass is 258 g/mol. The molecule has 1 heterocycles. The highest BCUT2D eigenvalue weighted by Gasteiger charge is 1.99. The summed E-state index contributed by atoms with van der Waals surface area (Å²) in [6.45, 7) is 5.65. The minimum absolute atomic E-state index is 0.913. The highest BCUT2D eigenvalue weighted by Crippen LogP contribution is 2.17. The normalized spacial score (nSPS) is 10.7. The first kappa shape index (κ1) is 13.1. The number of hydrogen-bond acceptors (Lipinski definition) is 3. The molecule has 0 fully saturated rings. The van der Waals surface area contributed by atoms with Gasteiger partial charge in [-0.25, -0.2) is 0 Å². The van der Waals surface area contributed by atoms with Crippen LogP contribution in [-0.2, 0) is 6.54 Å². The van der Waals surface area contributed by atoms with Crippen LogP contribution in [0.3, 0.4) is 0 Å². The Morgan fingerprint density at radius 3 is 3.17 bits per heavy atom. The van der Waals surface area contributed by atoms with Gasteiger partial charge in [-0.15, -0.1) is 6.58 Å². The number of fused-ring (bicyclic) bond motifs is 1. The fraction of sp³-hybridized carbons (Fsp3) is 0.267. The third kappa shape index (κ3) is 3.59. The molecule has 1 aromatic heterocycles. The van der Waals surface area contributed by atoms with Gasteiger partial charge in [0.25, 0.3) is 0 Å². The summed E-state index contributed by atoms with van der Waals surface area (Å²) in [5.41, 5.74) is 1.34. The SMILES string of the molecule is C=CCSCCNCc1cccc2cnccc12. The number of benzene rings is 1. The molecule has 94 valence electrons. The molecule has 0 unspecified atom stereocenters. The van der Waals surface area contributed by atoms with Gasteiger partial charge in [-0.3, -0.25) is 4.98 Å². The second kappa shape index (κ2) is 7.19. The van der Waals surface area contributed by atoms with Gasteiger partial charge in [-0.2, -0.15) is 11.8 Å². The first-order valence-corrected chi connectivity index (χ1v) is 7.28. The van der Waals surface area contributed by atoms with Crippen molar-refractivity contribution in [3.05, 3.63) is 54.9 Å². The fourth-order valence-electron chi connectivity index (χ4n) is 1.88. The lowest BCUT2D eigenvalue weighted by Gasteiger charge is -2.07. The van der Waals surface area contributed by atoms with E-state index in [0.717, 1.165) is 24.6 Å². The molecular weight excluding hydrogens is 240 g/mol. The van der Waals surface area contributed by atoms with Crippen LogP contribution in [0.1, 0.15) is 5.56 Å². The summed E-state index contributed by atoms with van der Waals surface area (Å²) in [6.07, 6.45) is 5.72. The maximum absolute atomic E-state index is 4.15. The molecule has 0 saturated heterocycles. The Morgan fingerprint density at radius 1 is 1.33 bits per heavy atom. The predicted molar refractivity (Wildman–Crippen MR) is 81.0 cm³/mol. The average molecular weight is 258 g/mol. The van der Waals surface area contributed by atoms with Crippen molar-refractivity contribution in [3.63, 3.8) is 0 Å². The third-order valence-electron chi connectivity index (χ3n) is 2.75. The van der Waals surface area contributed by atoms with Crippen LogP contribution < -0.4 is 5.32 Å². The van der Waals surface area contributed by atoms with E-state index in [1.54, 1.807) is 0 Å². The van der Waals surface area contributed by atoms with Crippen molar-refractivity contribution >= 4 is 22.5 Å². The van der Waals surface area contributed by atoms with Gasteiger partial charge in [-0.05, 0) is 17.0 Å². The van der Waals surface area contributed by atoms with Crippen molar-refractivity contribution in [2.75, 3.05) is 18.1 Å². The van der Waals surface area contributed by atoms with Gasteiger partial charge >= 0.3 is 0 Å². The second-order valence-corrected chi connectivity index (χ2v) is 5.20. The topological polar surface area (TPSA) is 24.9 Å². The van der Waals surface area contributed by atoms with Crippen molar-refractivity contribution in [2.24, 2.45) is 0 Å². The van der Waals surface area contributed by atoms with Crippen molar-refractivity contribution in [3.8, 4) is 0 Å². The maximum Gasteiger partial charge on any atom is 0.0346 e. The number of pyridine rings is 1. The zero-order chi connectivity index (χ0) is 12.6. The number of nitrogens with one attached hydrogen (secondary N) is 1. The molecule has 0 aliphatic carbocycles. The quantitative estimate of drug-likeness (QED) is 0.609. The molecule has 1 aromatic carbocycles. The summed E-state index contributed by atoms with van der Waals surface area (Å²) < 4.78 is 0. The summed E-state index contributed by atoms with van der Waals surface area (Å²) in [7, 11) is 0. The molecule has 0 radical (unpaired) electrons. The Hall–Kier alpha value is -1.32. The molecule has 2 aromatic rings. The lowest BCUT2D eigenvalue weighted by Crippen LogP contribution is -2.16. The summed E-state index contributed by atoms with van der Waals surface area (Å²) in [6, 6.07) is 8.45. The smallest absolute Gasteiger partial charge is 0.0346 e. The second-order valence-electron chi connectivity index (χ2n) is 4.05. The van der Waals surface area contributed by atoms with Crippen LogP contribution in [-0.4, -0.2) is 23.0 Å². The van der Waals surface area contributed by atoms with Crippen LogP contribution in [0, 0.1) is 0 Å². The molecule has 0 spiro atoms. The maximum atomic E-state index is 4.15. The van der Waals surface area contributed by atoms with Gasteiger partial charge in [-0.1, -0.05) is 24.3 Å². The predicted octanol–water partition coefficient (Wildman–Crippen LogP) is 3.24. The first-order chi connectivity index (χ1) is 8.92. The fourth-order valence-corrected chi connectivity index (χ4v) is 2.50. The Bertz CT molecular complexity index is 505. The summed E-state index contributed by atoms with van der Waals surface area (Å²) in [5.74, 6) is 2.15. The summed E-state index contributed by atoms with van der Waals surface area (Å²) in [5, 5.41) is 5.97. The molecule has 0 aliphatic heterocycles. The van der Waals surface area contributed by atoms with Gasteiger partial charge in [0.1, 0.15) is 0 Å². The number of hydrogen-bond donors (Lipinski definition) is 1. The van der Waals surface area contributed by atoms with Crippen LogP contribution in [0.4, 0.5) is 0 Å². The van der Waals surface area contributed by atoms with E-state index in [1.165, 1.54) is 16.3 Å². The number of thioether (sulfide) groups is 1. The lowest BCUT2D eigenvalue weighted by molar-refractivity contribution is 0.736. The van der Waals surface area contributed by atoms with Crippen molar-refractivity contribution in [1.29, 1.82) is 0 Å². The number of aromatic nitrogens is 1. The molecular formula is C15H18N2S. The Morgan fingerprint density at radius 2 is 2.28 bits per heavy atom. The molecule has 18 heavy (non-hydrogen) atoms. The zero-order valence-electron chi connectivity index (χ0n) is 10.4. The van der Waals surface area contributed by atoms with E-state index < -0.39 is 0 Å². The van der Waals surface area contributed by atoms with Crippen molar-refractivity contribution in [2.45, 2.75) is 6.54 Å². The van der Waals surface area contributed by atoms with Crippen LogP contribution in [0.15, 0.2) is 49.3 Å². The third-order valence-corrected chi connectivity index (χ3v) is 3.71. The van der Waals surface area contributed by atoms with E-state index in [2.05, 4.69) is 41.1 Å². The van der Waals surface area contributed by atoms with Crippen LogP contribution in [0.25, 0.3) is 10.8 Å². The minimum Gasteiger partial charge on any atom is -0.312 e. The van der Waals surface area contributed by atoms with E-state index in [0.29, 0.717) is 0 Å². The highest BCUT2D eigenvalue weighted by molar-refractivity contribution is 7.99. The van der Waals surface area contributed by atoms with E-state index in [4.69, 9.17) is 0 Å². The highest BCUT2D eigenvalue weighted by atomic mass is 32.2. The van der Waals surface area contributed by atoms with Crippen LogP contribution in [0.5, 0.6) is 0 Å².